The molecular formula is C22H21N5OS. The van der Waals surface area contributed by atoms with E-state index in [1.807, 2.05) is 62.6 Å². The number of phenols is 1. The lowest BCUT2D eigenvalue weighted by atomic mass is 10.2. The lowest BCUT2D eigenvalue weighted by Gasteiger charge is -2.15. The summed E-state index contributed by atoms with van der Waals surface area (Å²) in [7, 11) is 2.00. The molecule has 4 rings (SSSR count). The van der Waals surface area contributed by atoms with E-state index in [1.165, 1.54) is 0 Å². The summed E-state index contributed by atoms with van der Waals surface area (Å²) in [6, 6.07) is 17.0. The molecular weight excluding hydrogens is 382 g/mol. The Bertz CT molecular complexity index is 1110. The lowest BCUT2D eigenvalue weighted by Crippen LogP contribution is -2.15. The smallest absolute Gasteiger partial charge is 0.185 e. The number of aromatic nitrogens is 3. The van der Waals surface area contributed by atoms with Crippen LogP contribution >= 0.6 is 11.3 Å². The number of hydrogen-bond donors (Lipinski definition) is 2. The van der Waals surface area contributed by atoms with Gasteiger partial charge in [0.1, 0.15) is 17.4 Å². The molecule has 0 unspecified atom stereocenters. The molecule has 7 heteroatoms. The van der Waals surface area contributed by atoms with E-state index in [-0.39, 0.29) is 5.75 Å². The first kappa shape index (κ1) is 18.9. The van der Waals surface area contributed by atoms with E-state index in [9.17, 15) is 5.11 Å². The van der Waals surface area contributed by atoms with Crippen LogP contribution < -0.4 is 10.2 Å². The molecule has 0 bridgehead atoms. The van der Waals surface area contributed by atoms with Crippen LogP contribution in [0.25, 0.3) is 10.6 Å². The molecule has 0 aliphatic rings. The van der Waals surface area contributed by atoms with E-state index in [1.54, 1.807) is 29.7 Å². The summed E-state index contributed by atoms with van der Waals surface area (Å²) in [5, 5.41) is 13.6. The second-order valence-corrected chi connectivity index (χ2v) is 7.79. The Morgan fingerprint density at radius 2 is 1.86 bits per heavy atom. The van der Waals surface area contributed by atoms with Gasteiger partial charge in [0.15, 0.2) is 5.13 Å². The minimum absolute atomic E-state index is 0.272. The molecule has 2 N–H and O–H groups in total. The zero-order valence-electron chi connectivity index (χ0n) is 16.2. The molecule has 0 spiro atoms. The monoisotopic (exact) mass is 403 g/mol. The van der Waals surface area contributed by atoms with Crippen LogP contribution in [-0.2, 0) is 6.54 Å². The Morgan fingerprint density at radius 1 is 1.03 bits per heavy atom. The van der Waals surface area contributed by atoms with Gasteiger partial charge in [-0.25, -0.2) is 15.0 Å². The van der Waals surface area contributed by atoms with Gasteiger partial charge in [0.05, 0.1) is 10.6 Å². The molecule has 0 fully saturated rings. The molecule has 0 amide bonds. The Hall–Kier alpha value is -3.45. The van der Waals surface area contributed by atoms with Crippen LogP contribution in [0, 0.1) is 6.92 Å². The van der Waals surface area contributed by atoms with Gasteiger partial charge in [0.2, 0.25) is 0 Å². The molecule has 3 heterocycles. The van der Waals surface area contributed by atoms with Gasteiger partial charge in [0, 0.05) is 26.0 Å². The fourth-order valence-corrected chi connectivity index (χ4v) is 3.73. The molecule has 29 heavy (non-hydrogen) atoms. The standard InChI is InChI=1S/C22H21N5OS/c1-15-10-11-23-21(12-15)26-20-5-3-4-18(25-20)19-13-24-22(29-19)27(2)14-16-6-8-17(28)9-7-16/h3-13,28H,14H2,1-2H3,(H,23,25,26). The quantitative estimate of drug-likeness (QED) is 0.472. The Labute approximate surface area is 173 Å². The summed E-state index contributed by atoms with van der Waals surface area (Å²) in [6.45, 7) is 2.74. The lowest BCUT2D eigenvalue weighted by molar-refractivity contribution is 0.475. The number of aromatic hydroxyl groups is 1. The normalized spacial score (nSPS) is 10.7. The number of hydrogen-bond acceptors (Lipinski definition) is 7. The predicted octanol–water partition coefficient (Wildman–Crippen LogP) is 4.99. The van der Waals surface area contributed by atoms with Crippen LogP contribution in [0.15, 0.2) is 67.0 Å². The number of aryl methyl sites for hydroxylation is 1. The van der Waals surface area contributed by atoms with Gasteiger partial charge < -0.3 is 15.3 Å². The van der Waals surface area contributed by atoms with Crippen molar-refractivity contribution in [1.82, 2.24) is 15.0 Å². The van der Waals surface area contributed by atoms with Crippen LogP contribution in [0.4, 0.5) is 16.8 Å². The minimum atomic E-state index is 0.272. The van der Waals surface area contributed by atoms with Gasteiger partial charge >= 0.3 is 0 Å². The third-order valence-electron chi connectivity index (χ3n) is 4.35. The first-order valence-electron chi connectivity index (χ1n) is 9.19. The molecule has 0 saturated carbocycles. The number of pyridine rings is 2. The molecule has 6 nitrogen and oxygen atoms in total. The molecule has 0 aliphatic carbocycles. The average molecular weight is 404 g/mol. The first-order valence-corrected chi connectivity index (χ1v) is 10.0. The SMILES string of the molecule is Cc1ccnc(Nc2cccc(-c3cnc(N(C)Cc4ccc(O)cc4)s3)n2)c1. The van der Waals surface area contributed by atoms with Crippen molar-refractivity contribution >= 4 is 28.1 Å². The molecule has 146 valence electrons. The first-order chi connectivity index (χ1) is 14.1. The van der Waals surface area contributed by atoms with Crippen molar-refractivity contribution in [3.8, 4) is 16.3 Å². The average Bonchev–Trinajstić information content (AvgIpc) is 3.20. The number of nitrogens with one attached hydrogen (secondary N) is 1. The van der Waals surface area contributed by atoms with Gasteiger partial charge in [-0.05, 0) is 54.4 Å². The Morgan fingerprint density at radius 3 is 2.66 bits per heavy atom. The number of nitrogens with zero attached hydrogens (tertiary/aromatic N) is 4. The minimum Gasteiger partial charge on any atom is -0.508 e. The third kappa shape index (κ3) is 4.70. The molecule has 1 aromatic carbocycles. The Balaban J connectivity index is 1.49. The van der Waals surface area contributed by atoms with Crippen molar-refractivity contribution < 1.29 is 5.11 Å². The number of benzene rings is 1. The van der Waals surface area contributed by atoms with Gasteiger partial charge in [-0.15, -0.1) is 0 Å². The second-order valence-electron chi connectivity index (χ2n) is 6.78. The van der Waals surface area contributed by atoms with Crippen LogP contribution in [0.1, 0.15) is 11.1 Å². The van der Waals surface area contributed by atoms with Gasteiger partial charge in [-0.3, -0.25) is 0 Å². The highest BCUT2D eigenvalue weighted by Crippen LogP contribution is 2.31. The van der Waals surface area contributed by atoms with Gasteiger partial charge in [-0.1, -0.05) is 29.5 Å². The fourth-order valence-electron chi connectivity index (χ4n) is 2.88. The zero-order valence-corrected chi connectivity index (χ0v) is 17.0. The highest BCUT2D eigenvalue weighted by Gasteiger charge is 2.11. The summed E-state index contributed by atoms with van der Waals surface area (Å²) in [6.07, 6.45) is 3.63. The molecule has 0 radical (unpaired) electrons. The second kappa shape index (κ2) is 8.28. The maximum absolute atomic E-state index is 9.43. The number of thiazole rings is 1. The molecule has 3 aromatic heterocycles. The summed E-state index contributed by atoms with van der Waals surface area (Å²) < 4.78 is 0. The highest BCUT2D eigenvalue weighted by molar-refractivity contribution is 7.18. The van der Waals surface area contributed by atoms with Crippen LogP contribution in [-0.4, -0.2) is 27.1 Å². The van der Waals surface area contributed by atoms with Crippen molar-refractivity contribution in [2.45, 2.75) is 13.5 Å². The summed E-state index contributed by atoms with van der Waals surface area (Å²) in [5.74, 6) is 1.79. The fraction of sp³-hybridized carbons (Fsp3) is 0.136. The van der Waals surface area contributed by atoms with Crippen molar-refractivity contribution in [2.75, 3.05) is 17.3 Å². The van der Waals surface area contributed by atoms with Crippen molar-refractivity contribution in [3.63, 3.8) is 0 Å². The number of rotatable bonds is 6. The van der Waals surface area contributed by atoms with E-state index in [0.29, 0.717) is 6.54 Å². The number of anilines is 3. The maximum Gasteiger partial charge on any atom is 0.185 e. The van der Waals surface area contributed by atoms with E-state index in [2.05, 4.69) is 20.2 Å². The molecule has 0 aliphatic heterocycles. The summed E-state index contributed by atoms with van der Waals surface area (Å²) in [5.41, 5.74) is 3.11. The van der Waals surface area contributed by atoms with Crippen molar-refractivity contribution in [2.24, 2.45) is 0 Å². The molecule has 4 aromatic rings. The van der Waals surface area contributed by atoms with Crippen LogP contribution in [0.3, 0.4) is 0 Å². The molecule has 0 saturated heterocycles. The maximum atomic E-state index is 9.43. The highest BCUT2D eigenvalue weighted by atomic mass is 32.1. The molecule has 0 atom stereocenters. The van der Waals surface area contributed by atoms with Crippen molar-refractivity contribution in [3.05, 3.63) is 78.1 Å². The van der Waals surface area contributed by atoms with E-state index < -0.39 is 0 Å². The predicted molar refractivity (Wildman–Crippen MR) is 118 cm³/mol. The van der Waals surface area contributed by atoms with E-state index in [4.69, 9.17) is 4.98 Å². The zero-order chi connectivity index (χ0) is 20.2. The van der Waals surface area contributed by atoms with Gasteiger partial charge in [-0.2, -0.15) is 0 Å². The third-order valence-corrected chi connectivity index (χ3v) is 5.48. The van der Waals surface area contributed by atoms with E-state index >= 15 is 0 Å². The summed E-state index contributed by atoms with van der Waals surface area (Å²) >= 11 is 1.59. The van der Waals surface area contributed by atoms with Crippen LogP contribution in [0.2, 0.25) is 0 Å². The van der Waals surface area contributed by atoms with Crippen LogP contribution in [0.5, 0.6) is 5.75 Å². The Kier molecular flexibility index (Phi) is 5.39. The largest absolute Gasteiger partial charge is 0.508 e. The van der Waals surface area contributed by atoms with Crippen molar-refractivity contribution in [1.29, 1.82) is 0 Å². The topological polar surface area (TPSA) is 74.2 Å². The summed E-state index contributed by atoms with van der Waals surface area (Å²) in [4.78, 5) is 16.7. The van der Waals surface area contributed by atoms with E-state index in [0.717, 1.165) is 38.5 Å². The number of phenolic OH excluding ortho intramolecular Hbond substituents is 1. The van der Waals surface area contributed by atoms with Gasteiger partial charge in [0.25, 0.3) is 0 Å².